The van der Waals surface area contributed by atoms with E-state index < -0.39 is 6.04 Å². The number of aromatic nitrogens is 2. The molecule has 210 valence electrons. The fraction of sp³-hybridized carbons (Fsp3) is 0.200. The van der Waals surface area contributed by atoms with Crippen LogP contribution < -0.4 is 5.32 Å². The summed E-state index contributed by atoms with van der Waals surface area (Å²) < 4.78 is 0. The molecule has 7 nitrogen and oxygen atoms in total. The first kappa shape index (κ1) is 27.3. The van der Waals surface area contributed by atoms with Crippen LogP contribution in [0.5, 0.6) is 0 Å². The Labute approximate surface area is 245 Å². The number of amides is 2. The quantitative estimate of drug-likeness (QED) is 0.295. The van der Waals surface area contributed by atoms with Gasteiger partial charge in [-0.05, 0) is 47.0 Å². The van der Waals surface area contributed by atoms with Crippen molar-refractivity contribution in [2.45, 2.75) is 18.5 Å². The summed E-state index contributed by atoms with van der Waals surface area (Å²) in [6, 6.07) is 33.4. The van der Waals surface area contributed by atoms with Gasteiger partial charge >= 0.3 is 0 Å². The molecule has 1 aliphatic heterocycles. The molecule has 0 radical (unpaired) electrons. The number of hydrogen-bond acceptors (Lipinski definition) is 5. The van der Waals surface area contributed by atoms with E-state index in [2.05, 4.69) is 68.7 Å². The Morgan fingerprint density at radius 2 is 1.45 bits per heavy atom. The van der Waals surface area contributed by atoms with Gasteiger partial charge in [-0.15, -0.1) is 0 Å². The molecule has 2 amide bonds. The number of fused-ring (bicyclic) bond motifs is 1. The van der Waals surface area contributed by atoms with Crippen LogP contribution in [0, 0.1) is 0 Å². The molecule has 2 aromatic heterocycles. The van der Waals surface area contributed by atoms with E-state index >= 15 is 0 Å². The first-order valence-electron chi connectivity index (χ1n) is 14.3. The molecule has 3 heterocycles. The second kappa shape index (κ2) is 12.7. The van der Waals surface area contributed by atoms with Gasteiger partial charge in [0.1, 0.15) is 6.04 Å². The van der Waals surface area contributed by atoms with Crippen LogP contribution in [0.2, 0.25) is 0 Å². The lowest BCUT2D eigenvalue weighted by molar-refractivity contribution is -0.135. The molecule has 1 aliphatic rings. The number of nitrogens with zero attached hydrogens (tertiary/aromatic N) is 4. The van der Waals surface area contributed by atoms with Crippen LogP contribution in [-0.4, -0.2) is 63.8 Å². The Kier molecular flexibility index (Phi) is 8.28. The van der Waals surface area contributed by atoms with E-state index in [1.165, 1.54) is 11.1 Å². The zero-order valence-corrected chi connectivity index (χ0v) is 23.3. The van der Waals surface area contributed by atoms with Crippen LogP contribution in [-0.2, 0) is 11.2 Å². The largest absolute Gasteiger partial charge is 0.340 e. The molecule has 0 aliphatic carbocycles. The van der Waals surface area contributed by atoms with E-state index in [0.29, 0.717) is 25.1 Å². The van der Waals surface area contributed by atoms with Crippen molar-refractivity contribution >= 4 is 22.7 Å². The molecule has 7 heteroatoms. The van der Waals surface area contributed by atoms with Crippen LogP contribution in [0.25, 0.3) is 10.9 Å². The maximum absolute atomic E-state index is 14.0. The van der Waals surface area contributed by atoms with Gasteiger partial charge in [0.05, 0.1) is 11.6 Å². The average Bonchev–Trinajstić information content (AvgIpc) is 3.06. The number of nitrogens with one attached hydrogen (secondary N) is 1. The summed E-state index contributed by atoms with van der Waals surface area (Å²) in [6.45, 7) is 2.61. The van der Waals surface area contributed by atoms with Crippen molar-refractivity contribution in [2.24, 2.45) is 0 Å². The van der Waals surface area contributed by atoms with Crippen molar-refractivity contribution in [1.29, 1.82) is 0 Å². The Morgan fingerprint density at radius 1 is 0.762 bits per heavy atom. The van der Waals surface area contributed by atoms with E-state index in [0.717, 1.165) is 29.6 Å². The fourth-order valence-corrected chi connectivity index (χ4v) is 5.72. The second-order valence-electron chi connectivity index (χ2n) is 10.6. The molecule has 0 bridgehead atoms. The van der Waals surface area contributed by atoms with Gasteiger partial charge in [0.2, 0.25) is 5.91 Å². The molecule has 1 fully saturated rings. The number of carbonyl (C=O) groups is 2. The minimum Gasteiger partial charge on any atom is -0.340 e. The van der Waals surface area contributed by atoms with Gasteiger partial charge in [-0.2, -0.15) is 0 Å². The monoisotopic (exact) mass is 555 g/mol. The van der Waals surface area contributed by atoms with Gasteiger partial charge in [-0.25, -0.2) is 0 Å². The molecule has 3 aromatic carbocycles. The molecule has 6 rings (SSSR count). The zero-order valence-electron chi connectivity index (χ0n) is 23.3. The molecule has 1 N–H and O–H groups in total. The molecule has 1 saturated heterocycles. The number of carbonyl (C=O) groups excluding carboxylic acids is 2. The van der Waals surface area contributed by atoms with Gasteiger partial charge in [0, 0.05) is 62.1 Å². The highest BCUT2D eigenvalue weighted by Crippen LogP contribution is 2.29. The van der Waals surface area contributed by atoms with Crippen molar-refractivity contribution in [3.05, 3.63) is 144 Å². The maximum atomic E-state index is 14.0. The Balaban J connectivity index is 1.19. The van der Waals surface area contributed by atoms with E-state index in [1.54, 1.807) is 24.7 Å². The van der Waals surface area contributed by atoms with Gasteiger partial charge < -0.3 is 10.2 Å². The Bertz CT molecular complexity index is 1600. The third-order valence-electron chi connectivity index (χ3n) is 7.85. The molecular formula is C35H33N5O2. The molecular weight excluding hydrogens is 522 g/mol. The Hall–Kier alpha value is -4.88. The van der Waals surface area contributed by atoms with Gasteiger partial charge in [0.15, 0.2) is 0 Å². The number of benzene rings is 3. The van der Waals surface area contributed by atoms with Crippen molar-refractivity contribution in [3.8, 4) is 0 Å². The summed E-state index contributed by atoms with van der Waals surface area (Å²) in [7, 11) is 0. The summed E-state index contributed by atoms with van der Waals surface area (Å²) in [5, 5.41) is 3.91. The topological polar surface area (TPSA) is 78.4 Å². The first-order valence-corrected chi connectivity index (χ1v) is 14.3. The number of pyridine rings is 2. The first-order chi connectivity index (χ1) is 20.7. The second-order valence-corrected chi connectivity index (χ2v) is 10.6. The average molecular weight is 556 g/mol. The van der Waals surface area contributed by atoms with Crippen molar-refractivity contribution in [1.82, 2.24) is 25.1 Å². The number of rotatable bonds is 8. The van der Waals surface area contributed by atoms with E-state index in [4.69, 9.17) is 0 Å². The smallest absolute Gasteiger partial charge is 0.251 e. The Morgan fingerprint density at radius 3 is 2.12 bits per heavy atom. The summed E-state index contributed by atoms with van der Waals surface area (Å²) >= 11 is 0. The zero-order chi connectivity index (χ0) is 28.7. The molecule has 42 heavy (non-hydrogen) atoms. The van der Waals surface area contributed by atoms with Crippen LogP contribution >= 0.6 is 0 Å². The number of piperazine rings is 1. The molecule has 0 spiro atoms. The highest BCUT2D eigenvalue weighted by atomic mass is 16.2. The van der Waals surface area contributed by atoms with Crippen LogP contribution in [0.3, 0.4) is 0 Å². The summed E-state index contributed by atoms with van der Waals surface area (Å²) in [5.41, 5.74) is 4.68. The fourth-order valence-electron chi connectivity index (χ4n) is 5.72. The van der Waals surface area contributed by atoms with E-state index in [9.17, 15) is 9.59 Å². The third kappa shape index (κ3) is 6.21. The van der Waals surface area contributed by atoms with Crippen LogP contribution in [0.1, 0.15) is 33.1 Å². The summed E-state index contributed by atoms with van der Waals surface area (Å²) in [4.78, 5) is 40.2. The van der Waals surface area contributed by atoms with Gasteiger partial charge in [-0.1, -0.05) is 72.8 Å². The third-order valence-corrected chi connectivity index (χ3v) is 7.85. The normalized spacial score (nSPS) is 14.5. The van der Waals surface area contributed by atoms with E-state index in [-0.39, 0.29) is 17.9 Å². The standard InChI is InChI=1S/C35H33N5O2/c41-34(30-15-16-31-29(24-30)14-8-18-37-31)38-32(23-26-9-7-17-36-25-26)35(42)40-21-19-39(20-22-40)33(27-10-3-1-4-11-27)28-12-5-2-6-13-28/h1-18,24-25,32-33H,19-23H2,(H,38,41)/t32-/m0/s1. The number of hydrogen-bond donors (Lipinski definition) is 1. The molecule has 5 aromatic rings. The van der Waals surface area contributed by atoms with Gasteiger partial charge in [-0.3, -0.25) is 24.5 Å². The van der Waals surface area contributed by atoms with Crippen molar-refractivity contribution in [3.63, 3.8) is 0 Å². The minimum atomic E-state index is -0.711. The summed E-state index contributed by atoms with van der Waals surface area (Å²) in [5.74, 6) is -0.361. The van der Waals surface area contributed by atoms with E-state index in [1.807, 2.05) is 53.4 Å². The lowest BCUT2D eigenvalue weighted by atomic mass is 9.96. The lowest BCUT2D eigenvalue weighted by Crippen LogP contribution is -2.56. The molecule has 1 atom stereocenters. The maximum Gasteiger partial charge on any atom is 0.251 e. The van der Waals surface area contributed by atoms with Crippen LogP contribution in [0.15, 0.2) is 122 Å². The SMILES string of the molecule is O=C(N[C@@H](Cc1cccnc1)C(=O)N1CCN(C(c2ccccc2)c2ccccc2)CC1)c1ccc2ncccc2c1. The molecule has 0 saturated carbocycles. The minimum absolute atomic E-state index is 0.0784. The van der Waals surface area contributed by atoms with Gasteiger partial charge in [0.25, 0.3) is 5.91 Å². The lowest BCUT2D eigenvalue weighted by Gasteiger charge is -2.40. The highest BCUT2D eigenvalue weighted by Gasteiger charge is 2.32. The van der Waals surface area contributed by atoms with Crippen molar-refractivity contribution < 1.29 is 9.59 Å². The van der Waals surface area contributed by atoms with Crippen LogP contribution in [0.4, 0.5) is 0 Å². The molecule has 0 unspecified atom stereocenters. The predicted octanol–water partition coefficient (Wildman–Crippen LogP) is 4.90. The predicted molar refractivity (Wildman–Crippen MR) is 164 cm³/mol. The summed E-state index contributed by atoms with van der Waals surface area (Å²) in [6.07, 6.45) is 5.55. The van der Waals surface area contributed by atoms with Crippen molar-refractivity contribution in [2.75, 3.05) is 26.2 Å². The highest BCUT2D eigenvalue weighted by molar-refractivity contribution is 6.00.